The molecule has 1 saturated carbocycles. The molecular weight excluding hydrogens is 246 g/mol. The Kier molecular flexibility index (Phi) is 9.54. The minimum Gasteiger partial charge on any atom is -0.377 e. The van der Waals surface area contributed by atoms with Crippen LogP contribution in [-0.2, 0) is 4.74 Å². The van der Waals surface area contributed by atoms with Gasteiger partial charge in [0.1, 0.15) is 0 Å². The second-order valence-corrected chi connectivity index (χ2v) is 6.46. The van der Waals surface area contributed by atoms with Crippen molar-refractivity contribution < 1.29 is 4.74 Å². The molecule has 4 unspecified atom stereocenters. The molecule has 1 aliphatic carbocycles. The van der Waals surface area contributed by atoms with Crippen LogP contribution >= 0.6 is 0 Å². The molecule has 1 fully saturated rings. The molecule has 1 N–H and O–H groups in total. The van der Waals surface area contributed by atoms with Gasteiger partial charge in [0.2, 0.25) is 0 Å². The SMILES string of the molecule is CCCNC(C1CCCC(CC)C1)C(CCC)OCC. The Hall–Kier alpha value is -0.0800. The second-order valence-electron chi connectivity index (χ2n) is 6.46. The lowest BCUT2D eigenvalue weighted by Crippen LogP contribution is -2.48. The van der Waals surface area contributed by atoms with Crippen LogP contribution in [0.1, 0.15) is 79.1 Å². The molecule has 4 atom stereocenters. The molecule has 0 radical (unpaired) electrons. The zero-order valence-electron chi connectivity index (χ0n) is 14.3. The van der Waals surface area contributed by atoms with Gasteiger partial charge in [0.15, 0.2) is 0 Å². The van der Waals surface area contributed by atoms with Crippen LogP contribution in [0.15, 0.2) is 0 Å². The van der Waals surface area contributed by atoms with E-state index in [1.165, 1.54) is 51.4 Å². The van der Waals surface area contributed by atoms with Crippen LogP contribution in [0.3, 0.4) is 0 Å². The highest BCUT2D eigenvalue weighted by atomic mass is 16.5. The molecule has 0 heterocycles. The zero-order valence-corrected chi connectivity index (χ0v) is 14.3. The first kappa shape index (κ1) is 18.0. The number of hydrogen-bond acceptors (Lipinski definition) is 2. The average molecular weight is 284 g/mol. The fourth-order valence-electron chi connectivity index (χ4n) is 3.81. The third-order valence-corrected chi connectivity index (χ3v) is 4.89. The van der Waals surface area contributed by atoms with Gasteiger partial charge in [-0.15, -0.1) is 0 Å². The summed E-state index contributed by atoms with van der Waals surface area (Å²) in [5, 5.41) is 3.83. The normalized spacial score (nSPS) is 26.4. The molecule has 20 heavy (non-hydrogen) atoms. The number of hydrogen-bond donors (Lipinski definition) is 1. The highest BCUT2D eigenvalue weighted by Gasteiger charge is 2.32. The molecule has 2 heteroatoms. The monoisotopic (exact) mass is 283 g/mol. The minimum atomic E-state index is 0.414. The van der Waals surface area contributed by atoms with Crippen LogP contribution < -0.4 is 5.32 Å². The number of ether oxygens (including phenoxy) is 1. The maximum Gasteiger partial charge on any atom is 0.0730 e. The molecule has 0 bridgehead atoms. The minimum absolute atomic E-state index is 0.414. The van der Waals surface area contributed by atoms with Crippen LogP contribution in [0, 0.1) is 11.8 Å². The molecule has 0 aromatic carbocycles. The van der Waals surface area contributed by atoms with Gasteiger partial charge in [0.05, 0.1) is 6.10 Å². The van der Waals surface area contributed by atoms with Gasteiger partial charge in [-0.05, 0) is 51.0 Å². The summed E-state index contributed by atoms with van der Waals surface area (Å²) in [6, 6.07) is 0.573. The van der Waals surface area contributed by atoms with Gasteiger partial charge in [0, 0.05) is 12.6 Å². The van der Waals surface area contributed by atoms with E-state index in [2.05, 4.69) is 33.0 Å². The summed E-state index contributed by atoms with van der Waals surface area (Å²) >= 11 is 0. The number of rotatable bonds is 10. The Balaban J connectivity index is 2.68. The molecule has 0 saturated heterocycles. The second kappa shape index (κ2) is 10.6. The van der Waals surface area contributed by atoms with Crippen LogP contribution in [0.25, 0.3) is 0 Å². The van der Waals surface area contributed by atoms with Gasteiger partial charge in [-0.25, -0.2) is 0 Å². The molecule has 0 aliphatic heterocycles. The lowest BCUT2D eigenvalue weighted by Gasteiger charge is -2.39. The highest BCUT2D eigenvalue weighted by Crippen LogP contribution is 2.34. The largest absolute Gasteiger partial charge is 0.377 e. The molecule has 1 aliphatic rings. The van der Waals surface area contributed by atoms with Crippen molar-refractivity contribution in [1.29, 1.82) is 0 Å². The first-order valence-corrected chi connectivity index (χ1v) is 9.11. The standard InChI is InChI=1S/C18H37NO/c1-5-10-17(20-8-4)18(19-13-6-2)16-12-9-11-15(7-3)14-16/h15-19H,5-14H2,1-4H3. The van der Waals surface area contributed by atoms with Gasteiger partial charge in [-0.2, -0.15) is 0 Å². The summed E-state index contributed by atoms with van der Waals surface area (Å²) in [5.74, 6) is 1.77. The highest BCUT2D eigenvalue weighted by molar-refractivity contribution is 4.87. The van der Waals surface area contributed by atoms with Crippen LogP contribution in [0.5, 0.6) is 0 Å². The molecular formula is C18H37NO. The van der Waals surface area contributed by atoms with E-state index >= 15 is 0 Å². The Labute approximate surface area is 127 Å². The average Bonchev–Trinajstić information content (AvgIpc) is 2.48. The third kappa shape index (κ3) is 5.73. The molecule has 0 aromatic heterocycles. The van der Waals surface area contributed by atoms with Gasteiger partial charge in [-0.3, -0.25) is 0 Å². The maximum atomic E-state index is 6.10. The predicted molar refractivity (Wildman–Crippen MR) is 88.1 cm³/mol. The number of nitrogens with one attached hydrogen (secondary N) is 1. The smallest absolute Gasteiger partial charge is 0.0730 e. The fourth-order valence-corrected chi connectivity index (χ4v) is 3.81. The van der Waals surface area contributed by atoms with Gasteiger partial charge in [-0.1, -0.05) is 46.5 Å². The van der Waals surface area contributed by atoms with Crippen molar-refractivity contribution in [2.24, 2.45) is 11.8 Å². The topological polar surface area (TPSA) is 21.3 Å². The Morgan fingerprint density at radius 2 is 1.90 bits per heavy atom. The van der Waals surface area contributed by atoms with E-state index in [9.17, 15) is 0 Å². The van der Waals surface area contributed by atoms with E-state index in [4.69, 9.17) is 4.74 Å². The summed E-state index contributed by atoms with van der Waals surface area (Å²) in [4.78, 5) is 0. The Morgan fingerprint density at radius 3 is 2.50 bits per heavy atom. The van der Waals surface area contributed by atoms with Crippen LogP contribution in [0.2, 0.25) is 0 Å². The fraction of sp³-hybridized carbons (Fsp3) is 1.00. The molecule has 2 nitrogen and oxygen atoms in total. The molecule has 1 rings (SSSR count). The molecule has 0 amide bonds. The van der Waals surface area contributed by atoms with E-state index in [1.807, 2.05) is 0 Å². The lowest BCUT2D eigenvalue weighted by atomic mass is 9.75. The molecule has 120 valence electrons. The van der Waals surface area contributed by atoms with E-state index in [1.54, 1.807) is 0 Å². The summed E-state index contributed by atoms with van der Waals surface area (Å²) in [5.41, 5.74) is 0. The maximum absolute atomic E-state index is 6.10. The Bertz CT molecular complexity index is 225. The van der Waals surface area contributed by atoms with Crippen molar-refractivity contribution in [2.75, 3.05) is 13.2 Å². The zero-order chi connectivity index (χ0) is 14.8. The van der Waals surface area contributed by atoms with E-state index in [0.29, 0.717) is 12.1 Å². The van der Waals surface area contributed by atoms with Crippen molar-refractivity contribution in [2.45, 2.75) is 91.2 Å². The van der Waals surface area contributed by atoms with Gasteiger partial charge < -0.3 is 10.1 Å². The van der Waals surface area contributed by atoms with E-state index in [-0.39, 0.29) is 0 Å². The molecule has 0 spiro atoms. The van der Waals surface area contributed by atoms with Crippen molar-refractivity contribution in [3.05, 3.63) is 0 Å². The first-order valence-electron chi connectivity index (χ1n) is 9.11. The van der Waals surface area contributed by atoms with Crippen molar-refractivity contribution in [3.63, 3.8) is 0 Å². The van der Waals surface area contributed by atoms with E-state index < -0.39 is 0 Å². The van der Waals surface area contributed by atoms with Crippen molar-refractivity contribution >= 4 is 0 Å². The quantitative estimate of drug-likeness (QED) is 0.623. The van der Waals surface area contributed by atoms with Crippen LogP contribution in [0.4, 0.5) is 0 Å². The molecule has 0 aromatic rings. The predicted octanol–water partition coefficient (Wildman–Crippen LogP) is 4.78. The van der Waals surface area contributed by atoms with Crippen molar-refractivity contribution in [3.8, 4) is 0 Å². The van der Waals surface area contributed by atoms with Gasteiger partial charge >= 0.3 is 0 Å². The summed E-state index contributed by atoms with van der Waals surface area (Å²) in [6.45, 7) is 11.0. The summed E-state index contributed by atoms with van der Waals surface area (Å²) < 4.78 is 6.10. The van der Waals surface area contributed by atoms with Gasteiger partial charge in [0.25, 0.3) is 0 Å². The Morgan fingerprint density at radius 1 is 1.10 bits per heavy atom. The lowest BCUT2D eigenvalue weighted by molar-refractivity contribution is 0.00191. The van der Waals surface area contributed by atoms with Crippen LogP contribution in [-0.4, -0.2) is 25.3 Å². The summed E-state index contributed by atoms with van der Waals surface area (Å²) in [7, 11) is 0. The first-order chi connectivity index (χ1) is 9.76. The summed E-state index contributed by atoms with van der Waals surface area (Å²) in [6.07, 6.45) is 11.1. The van der Waals surface area contributed by atoms with Crippen molar-refractivity contribution in [1.82, 2.24) is 5.32 Å². The third-order valence-electron chi connectivity index (χ3n) is 4.89. The van der Waals surface area contributed by atoms with E-state index in [0.717, 1.165) is 25.0 Å².